The Bertz CT molecular complexity index is 764. The van der Waals surface area contributed by atoms with Gasteiger partial charge >= 0.3 is 0 Å². The summed E-state index contributed by atoms with van der Waals surface area (Å²) in [6.45, 7) is 2.84. The number of hydrogen-bond donors (Lipinski definition) is 1. The highest BCUT2D eigenvalue weighted by Gasteiger charge is 2.09. The maximum absolute atomic E-state index is 12.1. The van der Waals surface area contributed by atoms with Gasteiger partial charge in [0.1, 0.15) is 6.33 Å². The fourth-order valence-corrected chi connectivity index (χ4v) is 2.93. The highest BCUT2D eigenvalue weighted by Crippen LogP contribution is 2.21. The monoisotopic (exact) mass is 312 g/mol. The van der Waals surface area contributed by atoms with Crippen LogP contribution in [-0.4, -0.2) is 20.7 Å². The third-order valence-electron chi connectivity index (χ3n) is 3.28. The van der Waals surface area contributed by atoms with E-state index in [1.54, 1.807) is 17.7 Å². The van der Waals surface area contributed by atoms with E-state index in [1.807, 2.05) is 53.3 Å². The van der Waals surface area contributed by atoms with Crippen LogP contribution in [0.2, 0.25) is 0 Å². The van der Waals surface area contributed by atoms with Gasteiger partial charge in [-0.1, -0.05) is 18.2 Å². The summed E-state index contributed by atoms with van der Waals surface area (Å²) in [6, 6.07) is 11.6. The summed E-state index contributed by atoms with van der Waals surface area (Å²) >= 11 is 1.59. The summed E-state index contributed by atoms with van der Waals surface area (Å²) in [5.74, 6) is 0.786. The number of aryl methyl sites for hydroxylation is 1. The van der Waals surface area contributed by atoms with E-state index >= 15 is 0 Å². The highest BCUT2D eigenvalue weighted by atomic mass is 32.1. The number of benzene rings is 1. The second kappa shape index (κ2) is 6.53. The zero-order valence-electron chi connectivity index (χ0n) is 12.2. The number of thiophene rings is 1. The first-order valence-corrected chi connectivity index (χ1v) is 7.94. The van der Waals surface area contributed by atoms with Crippen LogP contribution < -0.4 is 5.32 Å². The molecule has 0 saturated heterocycles. The van der Waals surface area contributed by atoms with Gasteiger partial charge in [0.2, 0.25) is 5.91 Å². The van der Waals surface area contributed by atoms with Gasteiger partial charge in [0.05, 0.1) is 6.42 Å². The van der Waals surface area contributed by atoms with Gasteiger partial charge in [-0.25, -0.2) is 0 Å². The zero-order chi connectivity index (χ0) is 15.4. The molecule has 22 heavy (non-hydrogen) atoms. The number of rotatable bonds is 5. The molecule has 0 spiro atoms. The Morgan fingerprint density at radius 3 is 3.00 bits per heavy atom. The predicted molar refractivity (Wildman–Crippen MR) is 87.8 cm³/mol. The maximum atomic E-state index is 12.1. The number of nitrogens with one attached hydrogen (secondary N) is 1. The molecule has 112 valence electrons. The van der Waals surface area contributed by atoms with Crippen molar-refractivity contribution in [1.29, 1.82) is 0 Å². The van der Waals surface area contributed by atoms with Gasteiger partial charge in [-0.3, -0.25) is 4.79 Å². The van der Waals surface area contributed by atoms with E-state index in [4.69, 9.17) is 0 Å². The van der Waals surface area contributed by atoms with Crippen molar-refractivity contribution < 1.29 is 4.79 Å². The van der Waals surface area contributed by atoms with Crippen LogP contribution in [0.25, 0.3) is 11.4 Å². The molecule has 0 aliphatic carbocycles. The largest absolute Gasteiger partial charge is 0.326 e. The number of aromatic nitrogens is 3. The van der Waals surface area contributed by atoms with Gasteiger partial charge in [-0.05, 0) is 30.5 Å². The Kier molecular flexibility index (Phi) is 4.29. The molecule has 0 saturated carbocycles. The van der Waals surface area contributed by atoms with E-state index < -0.39 is 0 Å². The van der Waals surface area contributed by atoms with E-state index in [0.29, 0.717) is 6.42 Å². The van der Waals surface area contributed by atoms with Crippen molar-refractivity contribution in [3.05, 3.63) is 53.0 Å². The number of nitrogens with zero attached hydrogens (tertiary/aromatic N) is 3. The topological polar surface area (TPSA) is 59.8 Å². The summed E-state index contributed by atoms with van der Waals surface area (Å²) < 4.78 is 1.96. The number of amides is 1. The van der Waals surface area contributed by atoms with Gasteiger partial charge in [0, 0.05) is 22.7 Å². The fraction of sp³-hybridized carbons (Fsp3) is 0.188. The van der Waals surface area contributed by atoms with Crippen molar-refractivity contribution in [2.75, 3.05) is 5.32 Å². The molecule has 3 rings (SSSR count). The molecule has 2 heterocycles. The molecule has 0 bridgehead atoms. The molecule has 5 nitrogen and oxygen atoms in total. The van der Waals surface area contributed by atoms with Crippen LogP contribution in [0.4, 0.5) is 5.69 Å². The number of hydrogen-bond acceptors (Lipinski definition) is 4. The van der Waals surface area contributed by atoms with Crippen LogP contribution in [0, 0.1) is 0 Å². The van der Waals surface area contributed by atoms with Crippen LogP contribution in [0.5, 0.6) is 0 Å². The minimum Gasteiger partial charge on any atom is -0.326 e. The summed E-state index contributed by atoms with van der Waals surface area (Å²) in [6.07, 6.45) is 2.10. The molecule has 0 fully saturated rings. The molecule has 6 heteroatoms. The number of anilines is 1. The molecule has 0 unspecified atom stereocenters. The lowest BCUT2D eigenvalue weighted by molar-refractivity contribution is -0.115. The van der Waals surface area contributed by atoms with Crippen LogP contribution in [0.1, 0.15) is 11.8 Å². The van der Waals surface area contributed by atoms with Crippen molar-refractivity contribution in [1.82, 2.24) is 14.8 Å². The molecule has 0 radical (unpaired) electrons. The Morgan fingerprint density at radius 2 is 2.23 bits per heavy atom. The third-order valence-corrected chi connectivity index (χ3v) is 4.15. The lowest BCUT2D eigenvalue weighted by atomic mass is 10.2. The predicted octanol–water partition coefficient (Wildman–Crippen LogP) is 3.21. The maximum Gasteiger partial charge on any atom is 0.229 e. The molecule has 1 N–H and O–H groups in total. The van der Waals surface area contributed by atoms with Crippen molar-refractivity contribution in [2.24, 2.45) is 0 Å². The first kappa shape index (κ1) is 14.5. The first-order chi connectivity index (χ1) is 10.8. The molecule has 3 aromatic rings. The van der Waals surface area contributed by atoms with E-state index in [2.05, 4.69) is 15.5 Å². The molecular weight excluding hydrogens is 296 g/mol. The van der Waals surface area contributed by atoms with E-state index in [9.17, 15) is 4.79 Å². The Balaban J connectivity index is 1.75. The van der Waals surface area contributed by atoms with Gasteiger partial charge in [-0.15, -0.1) is 21.5 Å². The lowest BCUT2D eigenvalue weighted by Crippen LogP contribution is -2.13. The average Bonchev–Trinajstić information content (AvgIpc) is 3.18. The van der Waals surface area contributed by atoms with Crippen LogP contribution in [-0.2, 0) is 17.8 Å². The third kappa shape index (κ3) is 3.23. The van der Waals surface area contributed by atoms with Gasteiger partial charge in [-0.2, -0.15) is 0 Å². The standard InChI is InChI=1S/C16H16N4OS/c1-2-20-11-17-19-16(20)12-5-3-6-13(9-12)18-15(21)10-14-7-4-8-22-14/h3-9,11H,2,10H2,1H3,(H,18,21). The quantitative estimate of drug-likeness (QED) is 0.787. The second-order valence-electron chi connectivity index (χ2n) is 4.83. The first-order valence-electron chi connectivity index (χ1n) is 7.06. The van der Waals surface area contributed by atoms with E-state index in [1.165, 1.54) is 0 Å². The van der Waals surface area contributed by atoms with Gasteiger partial charge < -0.3 is 9.88 Å². The summed E-state index contributed by atoms with van der Waals surface area (Å²) in [4.78, 5) is 13.1. The SMILES string of the molecule is CCn1cnnc1-c1cccc(NC(=O)Cc2cccs2)c1. The minimum absolute atomic E-state index is 0.0171. The smallest absolute Gasteiger partial charge is 0.229 e. The van der Waals surface area contributed by atoms with Crippen LogP contribution >= 0.6 is 11.3 Å². The van der Waals surface area contributed by atoms with Crippen molar-refractivity contribution in [3.8, 4) is 11.4 Å². The molecular formula is C16H16N4OS. The minimum atomic E-state index is -0.0171. The van der Waals surface area contributed by atoms with Crippen molar-refractivity contribution in [2.45, 2.75) is 19.9 Å². The average molecular weight is 312 g/mol. The Labute approximate surface area is 132 Å². The normalized spacial score (nSPS) is 10.6. The molecule has 0 aliphatic rings. The lowest BCUT2D eigenvalue weighted by Gasteiger charge is -2.07. The molecule has 0 aliphatic heterocycles. The number of carbonyl (C=O) groups excluding carboxylic acids is 1. The van der Waals surface area contributed by atoms with Gasteiger partial charge in [0.15, 0.2) is 5.82 Å². The Hall–Kier alpha value is -2.47. The summed E-state index contributed by atoms with van der Waals surface area (Å²) in [7, 11) is 0. The summed E-state index contributed by atoms with van der Waals surface area (Å²) in [5, 5.41) is 13.0. The van der Waals surface area contributed by atoms with Crippen LogP contribution in [0.3, 0.4) is 0 Å². The van der Waals surface area contributed by atoms with Crippen molar-refractivity contribution in [3.63, 3.8) is 0 Å². The van der Waals surface area contributed by atoms with Gasteiger partial charge in [0.25, 0.3) is 0 Å². The molecule has 1 aromatic carbocycles. The van der Waals surface area contributed by atoms with E-state index in [-0.39, 0.29) is 5.91 Å². The zero-order valence-corrected chi connectivity index (χ0v) is 13.0. The van der Waals surface area contributed by atoms with Crippen molar-refractivity contribution >= 4 is 22.9 Å². The molecule has 0 atom stereocenters. The summed E-state index contributed by atoms with van der Waals surface area (Å²) in [5.41, 5.74) is 1.71. The molecule has 2 aromatic heterocycles. The highest BCUT2D eigenvalue weighted by molar-refractivity contribution is 7.10. The number of carbonyl (C=O) groups is 1. The van der Waals surface area contributed by atoms with Crippen LogP contribution in [0.15, 0.2) is 48.1 Å². The fourth-order valence-electron chi connectivity index (χ4n) is 2.22. The van der Waals surface area contributed by atoms with E-state index in [0.717, 1.165) is 28.5 Å². The molecule has 1 amide bonds. The second-order valence-corrected chi connectivity index (χ2v) is 5.86. The Morgan fingerprint density at radius 1 is 1.32 bits per heavy atom.